The third-order valence-electron chi connectivity index (χ3n) is 2.72. The lowest BCUT2D eigenvalue weighted by atomic mass is 10.00. The zero-order valence-electron chi connectivity index (χ0n) is 8.16. The van der Waals surface area contributed by atoms with Crippen molar-refractivity contribution < 1.29 is 5.11 Å². The maximum atomic E-state index is 8.85. The van der Waals surface area contributed by atoms with Crippen LogP contribution in [-0.4, -0.2) is 18.3 Å². The smallest absolute Gasteiger partial charge is 0.0449 e. The SMILES string of the molecule is NC(CCO)c1cccc2c1NCC2. The number of anilines is 1. The van der Waals surface area contributed by atoms with Crippen molar-refractivity contribution in [1.29, 1.82) is 0 Å². The molecule has 3 heteroatoms. The first-order chi connectivity index (χ1) is 6.83. The highest BCUT2D eigenvalue weighted by Gasteiger charge is 2.17. The molecule has 0 saturated heterocycles. The molecule has 1 unspecified atom stereocenters. The van der Waals surface area contributed by atoms with Gasteiger partial charge in [0, 0.05) is 24.9 Å². The van der Waals surface area contributed by atoms with Crippen LogP contribution in [0.2, 0.25) is 0 Å². The molecule has 4 N–H and O–H groups in total. The summed E-state index contributed by atoms with van der Waals surface area (Å²) in [5.41, 5.74) is 9.64. The summed E-state index contributed by atoms with van der Waals surface area (Å²) >= 11 is 0. The molecule has 1 aliphatic heterocycles. The molecule has 0 spiro atoms. The molecule has 1 heterocycles. The molecule has 0 radical (unpaired) electrons. The van der Waals surface area contributed by atoms with Gasteiger partial charge < -0.3 is 16.2 Å². The van der Waals surface area contributed by atoms with Gasteiger partial charge in [0.15, 0.2) is 0 Å². The third-order valence-corrected chi connectivity index (χ3v) is 2.72. The Labute approximate surface area is 83.9 Å². The van der Waals surface area contributed by atoms with Gasteiger partial charge in [0.1, 0.15) is 0 Å². The average molecular weight is 192 g/mol. The molecule has 76 valence electrons. The molecule has 1 aliphatic rings. The summed E-state index contributed by atoms with van der Waals surface area (Å²) in [6, 6.07) is 6.15. The monoisotopic (exact) mass is 192 g/mol. The normalized spacial score (nSPS) is 16.1. The number of fused-ring (bicyclic) bond motifs is 1. The van der Waals surface area contributed by atoms with E-state index in [1.165, 1.54) is 11.3 Å². The Morgan fingerprint density at radius 3 is 3.14 bits per heavy atom. The fourth-order valence-corrected chi connectivity index (χ4v) is 1.97. The minimum absolute atomic E-state index is 0.0550. The van der Waals surface area contributed by atoms with Crippen LogP contribution in [0.25, 0.3) is 0 Å². The molecule has 14 heavy (non-hydrogen) atoms. The lowest BCUT2D eigenvalue weighted by Crippen LogP contribution is -2.13. The predicted molar refractivity (Wildman–Crippen MR) is 57.3 cm³/mol. The van der Waals surface area contributed by atoms with Crippen molar-refractivity contribution in [3.05, 3.63) is 29.3 Å². The van der Waals surface area contributed by atoms with E-state index < -0.39 is 0 Å². The van der Waals surface area contributed by atoms with Gasteiger partial charge in [-0.25, -0.2) is 0 Å². The maximum Gasteiger partial charge on any atom is 0.0449 e. The van der Waals surface area contributed by atoms with Crippen LogP contribution < -0.4 is 11.1 Å². The molecule has 1 aromatic rings. The summed E-state index contributed by atoms with van der Waals surface area (Å²) in [4.78, 5) is 0. The van der Waals surface area contributed by atoms with Gasteiger partial charge in [-0.15, -0.1) is 0 Å². The van der Waals surface area contributed by atoms with Gasteiger partial charge in [-0.2, -0.15) is 0 Å². The summed E-state index contributed by atoms with van der Waals surface area (Å²) in [6.45, 7) is 1.14. The Morgan fingerprint density at radius 2 is 2.36 bits per heavy atom. The summed E-state index contributed by atoms with van der Waals surface area (Å²) in [5, 5.41) is 12.2. The number of rotatable bonds is 3. The van der Waals surface area contributed by atoms with Crippen LogP contribution in [0.4, 0.5) is 5.69 Å². The van der Waals surface area contributed by atoms with Gasteiger partial charge in [0.25, 0.3) is 0 Å². The fourth-order valence-electron chi connectivity index (χ4n) is 1.97. The molecule has 0 amide bonds. The van der Waals surface area contributed by atoms with Crippen LogP contribution >= 0.6 is 0 Å². The quantitative estimate of drug-likeness (QED) is 0.670. The fraction of sp³-hybridized carbons (Fsp3) is 0.455. The van der Waals surface area contributed by atoms with E-state index in [-0.39, 0.29) is 12.6 Å². The molecule has 1 aromatic carbocycles. The molecule has 0 fully saturated rings. The van der Waals surface area contributed by atoms with Gasteiger partial charge in [-0.3, -0.25) is 0 Å². The lowest BCUT2D eigenvalue weighted by Gasteiger charge is -2.14. The van der Waals surface area contributed by atoms with Crippen LogP contribution in [0.1, 0.15) is 23.6 Å². The molecule has 0 aliphatic carbocycles. The van der Waals surface area contributed by atoms with Gasteiger partial charge in [-0.05, 0) is 24.0 Å². The summed E-state index contributed by atoms with van der Waals surface area (Å²) in [5.74, 6) is 0. The van der Waals surface area contributed by atoms with Crippen molar-refractivity contribution in [2.24, 2.45) is 5.73 Å². The van der Waals surface area contributed by atoms with E-state index in [0.29, 0.717) is 6.42 Å². The first-order valence-corrected chi connectivity index (χ1v) is 5.05. The third kappa shape index (κ3) is 1.61. The van der Waals surface area contributed by atoms with Crippen molar-refractivity contribution in [2.75, 3.05) is 18.5 Å². The van der Waals surface area contributed by atoms with Gasteiger partial charge in [0.05, 0.1) is 0 Å². The summed E-state index contributed by atoms with van der Waals surface area (Å²) < 4.78 is 0. The molecule has 0 aromatic heterocycles. The molecular formula is C11H16N2O. The molecule has 1 atom stereocenters. The zero-order chi connectivity index (χ0) is 9.97. The van der Waals surface area contributed by atoms with Crippen molar-refractivity contribution in [3.63, 3.8) is 0 Å². The van der Waals surface area contributed by atoms with Crippen molar-refractivity contribution in [2.45, 2.75) is 18.9 Å². The van der Waals surface area contributed by atoms with Crippen LogP contribution in [0.3, 0.4) is 0 Å². The Kier molecular flexibility index (Phi) is 2.70. The van der Waals surface area contributed by atoms with E-state index in [2.05, 4.69) is 11.4 Å². The second-order valence-electron chi connectivity index (χ2n) is 3.68. The zero-order valence-corrected chi connectivity index (χ0v) is 8.16. The number of para-hydroxylation sites is 1. The highest BCUT2D eigenvalue weighted by atomic mass is 16.3. The van der Waals surface area contributed by atoms with Gasteiger partial charge in [-0.1, -0.05) is 18.2 Å². The largest absolute Gasteiger partial charge is 0.396 e. The minimum atomic E-state index is -0.0550. The van der Waals surface area contributed by atoms with Gasteiger partial charge in [0.2, 0.25) is 0 Å². The minimum Gasteiger partial charge on any atom is -0.396 e. The molecule has 0 bridgehead atoms. The van der Waals surface area contributed by atoms with E-state index in [9.17, 15) is 0 Å². The average Bonchev–Trinajstić information content (AvgIpc) is 2.65. The molecule has 2 rings (SSSR count). The van der Waals surface area contributed by atoms with Crippen LogP contribution in [0, 0.1) is 0 Å². The van der Waals surface area contributed by atoms with Crippen LogP contribution in [-0.2, 0) is 6.42 Å². The number of aliphatic hydroxyl groups is 1. The van der Waals surface area contributed by atoms with E-state index in [1.54, 1.807) is 0 Å². The Balaban J connectivity index is 2.29. The summed E-state index contributed by atoms with van der Waals surface area (Å²) in [7, 11) is 0. The predicted octanol–water partition coefficient (Wildman–Crippen LogP) is 1.04. The number of aliphatic hydroxyl groups excluding tert-OH is 1. The number of nitrogens with two attached hydrogens (primary N) is 1. The standard InChI is InChI=1S/C11H16N2O/c12-10(5-7-14)9-3-1-2-8-4-6-13-11(8)9/h1-3,10,13-14H,4-7,12H2. The summed E-state index contributed by atoms with van der Waals surface area (Å²) in [6.07, 6.45) is 1.70. The number of hydrogen-bond donors (Lipinski definition) is 3. The van der Waals surface area contributed by atoms with Crippen molar-refractivity contribution in [3.8, 4) is 0 Å². The number of benzene rings is 1. The molecular weight excluding hydrogens is 176 g/mol. The van der Waals surface area contributed by atoms with Crippen LogP contribution in [0.15, 0.2) is 18.2 Å². The first kappa shape index (κ1) is 9.49. The Hall–Kier alpha value is -1.06. The van der Waals surface area contributed by atoms with Crippen LogP contribution in [0.5, 0.6) is 0 Å². The molecule has 3 nitrogen and oxygen atoms in total. The van der Waals surface area contributed by atoms with E-state index >= 15 is 0 Å². The topological polar surface area (TPSA) is 58.3 Å². The van der Waals surface area contributed by atoms with E-state index in [1.807, 2.05) is 12.1 Å². The maximum absolute atomic E-state index is 8.85. The Morgan fingerprint density at radius 1 is 1.50 bits per heavy atom. The highest BCUT2D eigenvalue weighted by molar-refractivity contribution is 5.62. The van der Waals surface area contributed by atoms with E-state index in [4.69, 9.17) is 10.8 Å². The lowest BCUT2D eigenvalue weighted by molar-refractivity contribution is 0.276. The van der Waals surface area contributed by atoms with Crippen molar-refractivity contribution >= 4 is 5.69 Å². The van der Waals surface area contributed by atoms with Gasteiger partial charge >= 0.3 is 0 Å². The number of nitrogens with one attached hydrogen (secondary N) is 1. The molecule has 0 saturated carbocycles. The highest BCUT2D eigenvalue weighted by Crippen LogP contribution is 2.30. The van der Waals surface area contributed by atoms with Crippen molar-refractivity contribution in [1.82, 2.24) is 0 Å². The number of hydrogen-bond acceptors (Lipinski definition) is 3. The Bertz CT molecular complexity index is 325. The second-order valence-corrected chi connectivity index (χ2v) is 3.68. The first-order valence-electron chi connectivity index (χ1n) is 5.05. The van der Waals surface area contributed by atoms with E-state index in [0.717, 1.165) is 18.5 Å². The second kappa shape index (κ2) is 3.98.